The third-order valence-electron chi connectivity index (χ3n) is 3.49. The molecule has 5 nitrogen and oxygen atoms in total. The van der Waals surface area contributed by atoms with Gasteiger partial charge in [-0.05, 0) is 30.0 Å². The largest absolute Gasteiger partial charge is 0.469 e. The Kier molecular flexibility index (Phi) is 5.36. The Balaban J connectivity index is 1.95. The van der Waals surface area contributed by atoms with Crippen LogP contribution in [0.15, 0.2) is 36.5 Å². The average molecular weight is 301 g/mol. The molecule has 0 spiro atoms. The number of esters is 2. The number of ether oxygens (including phenoxy) is 2. The van der Waals surface area contributed by atoms with Gasteiger partial charge in [-0.2, -0.15) is 0 Å². The van der Waals surface area contributed by atoms with Gasteiger partial charge in [0.15, 0.2) is 0 Å². The Morgan fingerprint density at radius 2 is 1.91 bits per heavy atom. The quantitative estimate of drug-likeness (QED) is 0.833. The smallest absolute Gasteiger partial charge is 0.355 e. The van der Waals surface area contributed by atoms with Crippen molar-refractivity contribution in [3.05, 3.63) is 58.9 Å². The molecule has 0 fully saturated rings. The third-order valence-corrected chi connectivity index (χ3v) is 3.49. The number of rotatable bonds is 6. The molecule has 2 aromatic rings. The first-order chi connectivity index (χ1) is 10.6. The Bertz CT molecular complexity index is 646. The van der Waals surface area contributed by atoms with Gasteiger partial charge in [0.05, 0.1) is 7.11 Å². The summed E-state index contributed by atoms with van der Waals surface area (Å²) in [5, 5.41) is 0. The van der Waals surface area contributed by atoms with Gasteiger partial charge in [-0.3, -0.25) is 4.79 Å². The molecule has 22 heavy (non-hydrogen) atoms. The fourth-order valence-electron chi connectivity index (χ4n) is 2.14. The van der Waals surface area contributed by atoms with E-state index in [9.17, 15) is 9.59 Å². The van der Waals surface area contributed by atoms with Gasteiger partial charge in [-0.15, -0.1) is 0 Å². The van der Waals surface area contributed by atoms with Crippen molar-refractivity contribution in [1.29, 1.82) is 0 Å². The van der Waals surface area contributed by atoms with Gasteiger partial charge in [0.2, 0.25) is 0 Å². The van der Waals surface area contributed by atoms with Crippen molar-refractivity contribution in [3.63, 3.8) is 0 Å². The van der Waals surface area contributed by atoms with Crippen LogP contribution in [-0.2, 0) is 27.3 Å². The van der Waals surface area contributed by atoms with Gasteiger partial charge in [0.25, 0.3) is 0 Å². The topological polar surface area (TPSA) is 68.4 Å². The van der Waals surface area contributed by atoms with Crippen LogP contribution in [0, 0.1) is 6.92 Å². The van der Waals surface area contributed by atoms with E-state index in [1.807, 2.05) is 37.3 Å². The summed E-state index contributed by atoms with van der Waals surface area (Å²) in [6, 6.07) is 9.50. The lowest BCUT2D eigenvalue weighted by Crippen LogP contribution is -2.07. The Hall–Kier alpha value is -2.56. The van der Waals surface area contributed by atoms with Crippen molar-refractivity contribution in [1.82, 2.24) is 4.98 Å². The first-order valence-electron chi connectivity index (χ1n) is 7.06. The molecule has 0 saturated carbocycles. The Morgan fingerprint density at radius 1 is 1.18 bits per heavy atom. The predicted octanol–water partition coefficient (Wildman–Crippen LogP) is 2.79. The van der Waals surface area contributed by atoms with Gasteiger partial charge in [0, 0.05) is 12.6 Å². The van der Waals surface area contributed by atoms with Crippen LogP contribution in [0.3, 0.4) is 0 Å². The fourth-order valence-corrected chi connectivity index (χ4v) is 2.14. The maximum Gasteiger partial charge on any atom is 0.355 e. The Labute approximate surface area is 129 Å². The van der Waals surface area contributed by atoms with Crippen molar-refractivity contribution in [2.75, 3.05) is 7.11 Å². The maximum atomic E-state index is 12.1. The summed E-state index contributed by atoms with van der Waals surface area (Å²) in [5.74, 6) is -0.667. The zero-order chi connectivity index (χ0) is 15.9. The highest BCUT2D eigenvalue weighted by atomic mass is 16.5. The zero-order valence-corrected chi connectivity index (χ0v) is 12.7. The number of H-pyrrole nitrogens is 1. The molecule has 1 aromatic carbocycles. The molecule has 0 amide bonds. The minimum Gasteiger partial charge on any atom is -0.469 e. The molecule has 1 aromatic heterocycles. The predicted molar refractivity (Wildman–Crippen MR) is 81.4 cm³/mol. The second kappa shape index (κ2) is 7.45. The average Bonchev–Trinajstić information content (AvgIpc) is 2.92. The van der Waals surface area contributed by atoms with E-state index in [1.54, 1.807) is 6.20 Å². The van der Waals surface area contributed by atoms with Crippen LogP contribution in [0.2, 0.25) is 0 Å². The number of aryl methyl sites for hydroxylation is 1. The number of carbonyl (C=O) groups excluding carboxylic acids is 2. The van der Waals surface area contributed by atoms with E-state index in [0.29, 0.717) is 12.1 Å². The first kappa shape index (κ1) is 15.8. The number of aromatic amines is 1. The van der Waals surface area contributed by atoms with Crippen LogP contribution in [0.25, 0.3) is 0 Å². The number of carbonyl (C=O) groups is 2. The number of methoxy groups -OCH3 is 1. The van der Waals surface area contributed by atoms with E-state index in [1.165, 1.54) is 7.11 Å². The number of benzene rings is 1. The molecule has 1 N–H and O–H groups in total. The molecule has 0 atom stereocenters. The standard InChI is InChI=1S/C17H19NO4/c1-12-14(8-9-15(19)21-2)10-18-16(12)17(20)22-11-13-6-4-3-5-7-13/h3-7,10,18H,8-9,11H2,1-2H3. The van der Waals surface area contributed by atoms with Gasteiger partial charge in [-0.1, -0.05) is 30.3 Å². The normalized spacial score (nSPS) is 10.3. The van der Waals surface area contributed by atoms with Crippen LogP contribution < -0.4 is 0 Å². The summed E-state index contributed by atoms with van der Waals surface area (Å²) in [7, 11) is 1.36. The lowest BCUT2D eigenvalue weighted by Gasteiger charge is -2.05. The molecule has 116 valence electrons. The molecule has 0 saturated heterocycles. The second-order valence-electron chi connectivity index (χ2n) is 4.95. The van der Waals surface area contributed by atoms with E-state index < -0.39 is 5.97 Å². The third kappa shape index (κ3) is 3.97. The molecule has 0 unspecified atom stereocenters. The van der Waals surface area contributed by atoms with Gasteiger partial charge < -0.3 is 14.5 Å². The van der Waals surface area contributed by atoms with Gasteiger partial charge in [-0.25, -0.2) is 4.79 Å². The summed E-state index contributed by atoms with van der Waals surface area (Å²) >= 11 is 0. The molecule has 0 aliphatic rings. The van der Waals surface area contributed by atoms with Crippen molar-refractivity contribution in [2.45, 2.75) is 26.4 Å². The van der Waals surface area contributed by atoms with Gasteiger partial charge in [0.1, 0.15) is 12.3 Å². The van der Waals surface area contributed by atoms with Gasteiger partial charge >= 0.3 is 11.9 Å². The van der Waals surface area contributed by atoms with Crippen LogP contribution in [0.5, 0.6) is 0 Å². The highest BCUT2D eigenvalue weighted by Crippen LogP contribution is 2.16. The minimum atomic E-state index is -0.398. The lowest BCUT2D eigenvalue weighted by molar-refractivity contribution is -0.140. The highest BCUT2D eigenvalue weighted by Gasteiger charge is 2.16. The van der Waals surface area contributed by atoms with Crippen LogP contribution in [0.4, 0.5) is 0 Å². The van der Waals surface area contributed by atoms with Crippen LogP contribution in [-0.4, -0.2) is 24.0 Å². The maximum absolute atomic E-state index is 12.1. The molecule has 0 aliphatic carbocycles. The van der Waals surface area contributed by atoms with Crippen LogP contribution >= 0.6 is 0 Å². The molecule has 2 rings (SSSR count). The highest BCUT2D eigenvalue weighted by molar-refractivity contribution is 5.89. The van der Waals surface area contributed by atoms with E-state index in [4.69, 9.17) is 4.74 Å². The first-order valence-corrected chi connectivity index (χ1v) is 7.06. The monoisotopic (exact) mass is 301 g/mol. The minimum absolute atomic E-state index is 0.232. The van der Waals surface area contributed by atoms with E-state index in [2.05, 4.69) is 9.72 Å². The summed E-state index contributed by atoms with van der Waals surface area (Å²) in [6.45, 7) is 2.07. The molecule has 0 aliphatic heterocycles. The van der Waals surface area contributed by atoms with E-state index in [0.717, 1.165) is 16.7 Å². The summed E-state index contributed by atoms with van der Waals surface area (Å²) in [6.07, 6.45) is 2.55. The second-order valence-corrected chi connectivity index (χ2v) is 4.95. The lowest BCUT2D eigenvalue weighted by atomic mass is 10.1. The fraction of sp³-hybridized carbons (Fsp3) is 0.294. The number of hydrogen-bond donors (Lipinski definition) is 1. The molecule has 1 heterocycles. The number of aromatic nitrogens is 1. The molecular weight excluding hydrogens is 282 g/mol. The summed E-state index contributed by atoms with van der Waals surface area (Å²) in [4.78, 5) is 26.2. The Morgan fingerprint density at radius 3 is 2.59 bits per heavy atom. The van der Waals surface area contributed by atoms with E-state index >= 15 is 0 Å². The summed E-state index contributed by atoms with van der Waals surface area (Å²) in [5.41, 5.74) is 3.08. The summed E-state index contributed by atoms with van der Waals surface area (Å²) < 4.78 is 9.91. The van der Waals surface area contributed by atoms with E-state index in [-0.39, 0.29) is 19.0 Å². The van der Waals surface area contributed by atoms with Crippen LogP contribution in [0.1, 0.15) is 33.6 Å². The SMILES string of the molecule is COC(=O)CCc1c[nH]c(C(=O)OCc2ccccc2)c1C. The number of hydrogen-bond acceptors (Lipinski definition) is 4. The molecule has 0 radical (unpaired) electrons. The molecular formula is C17H19NO4. The van der Waals surface area contributed by atoms with Crippen molar-refractivity contribution < 1.29 is 19.1 Å². The van der Waals surface area contributed by atoms with Crippen molar-refractivity contribution >= 4 is 11.9 Å². The van der Waals surface area contributed by atoms with Crippen molar-refractivity contribution in [3.8, 4) is 0 Å². The number of nitrogens with one attached hydrogen (secondary N) is 1. The van der Waals surface area contributed by atoms with Crippen molar-refractivity contribution in [2.24, 2.45) is 0 Å². The molecule has 5 heteroatoms. The zero-order valence-electron chi connectivity index (χ0n) is 12.7. The molecule has 0 bridgehead atoms.